The van der Waals surface area contributed by atoms with E-state index >= 15 is 0 Å². The summed E-state index contributed by atoms with van der Waals surface area (Å²) in [5.74, 6) is -1.64. The molecule has 0 radical (unpaired) electrons. The van der Waals surface area contributed by atoms with Crippen molar-refractivity contribution in [2.45, 2.75) is 13.0 Å². The standard InChI is InChI=1S/C20H18BrF2NO4/c1-12(25)16-9-13(22)5-6-18(16)28-11-14-10-24(7-8-27-14)20(26)15-3-2-4-17(21)19(15)23/h2-6,9,14H,7-8,10-11H2,1H3. The van der Waals surface area contributed by atoms with Gasteiger partial charge in [-0.05, 0) is 53.2 Å². The monoisotopic (exact) mass is 453 g/mol. The molecule has 1 atom stereocenters. The lowest BCUT2D eigenvalue weighted by Gasteiger charge is -2.33. The second-order valence-corrected chi connectivity index (χ2v) is 7.21. The molecule has 0 bridgehead atoms. The summed E-state index contributed by atoms with van der Waals surface area (Å²) in [5.41, 5.74) is 0.119. The smallest absolute Gasteiger partial charge is 0.257 e. The maximum atomic E-state index is 14.2. The lowest BCUT2D eigenvalue weighted by Crippen LogP contribution is -2.47. The molecule has 1 aliphatic heterocycles. The summed E-state index contributed by atoms with van der Waals surface area (Å²) in [5, 5.41) is 0. The predicted molar refractivity (Wildman–Crippen MR) is 102 cm³/mol. The van der Waals surface area contributed by atoms with Gasteiger partial charge in [0.25, 0.3) is 5.91 Å². The first-order chi connectivity index (χ1) is 13.4. The van der Waals surface area contributed by atoms with Gasteiger partial charge in [0.15, 0.2) is 5.78 Å². The number of hydrogen-bond acceptors (Lipinski definition) is 4. The van der Waals surface area contributed by atoms with Crippen molar-refractivity contribution in [1.82, 2.24) is 4.90 Å². The number of halogens is 3. The van der Waals surface area contributed by atoms with Crippen LogP contribution in [0.1, 0.15) is 27.6 Å². The number of rotatable bonds is 5. The molecular weight excluding hydrogens is 436 g/mol. The lowest BCUT2D eigenvalue weighted by atomic mass is 10.1. The number of hydrogen-bond donors (Lipinski definition) is 0. The number of ether oxygens (including phenoxy) is 2. The molecular formula is C20H18BrF2NO4. The third-order valence-corrected chi connectivity index (χ3v) is 4.97. The fourth-order valence-corrected chi connectivity index (χ4v) is 3.30. The minimum Gasteiger partial charge on any atom is -0.490 e. The molecule has 8 heteroatoms. The Bertz CT molecular complexity index is 906. The molecule has 0 spiro atoms. The van der Waals surface area contributed by atoms with Crippen LogP contribution in [-0.4, -0.2) is 49.0 Å². The molecule has 1 unspecified atom stereocenters. The van der Waals surface area contributed by atoms with Crippen LogP contribution in [0, 0.1) is 11.6 Å². The molecule has 0 N–H and O–H groups in total. The Hall–Kier alpha value is -2.32. The Morgan fingerprint density at radius 2 is 2.04 bits per heavy atom. The number of nitrogens with zero attached hydrogens (tertiary/aromatic N) is 1. The molecule has 0 saturated carbocycles. The average Bonchev–Trinajstić information content (AvgIpc) is 2.68. The molecule has 0 aliphatic carbocycles. The maximum absolute atomic E-state index is 14.2. The van der Waals surface area contributed by atoms with E-state index in [0.717, 1.165) is 6.07 Å². The molecule has 2 aromatic rings. The minimum absolute atomic E-state index is 0.0201. The highest BCUT2D eigenvalue weighted by Gasteiger charge is 2.28. The molecule has 3 rings (SSSR count). The van der Waals surface area contributed by atoms with E-state index in [2.05, 4.69) is 15.9 Å². The number of amides is 1. The highest BCUT2D eigenvalue weighted by molar-refractivity contribution is 9.10. The van der Waals surface area contributed by atoms with Crippen LogP contribution in [0.2, 0.25) is 0 Å². The Morgan fingerprint density at radius 3 is 2.79 bits per heavy atom. The van der Waals surface area contributed by atoms with E-state index < -0.39 is 23.6 Å². The normalized spacial score (nSPS) is 16.7. The molecule has 1 aliphatic rings. The highest BCUT2D eigenvalue weighted by Crippen LogP contribution is 2.23. The summed E-state index contributed by atoms with van der Waals surface area (Å²) in [4.78, 5) is 25.8. The van der Waals surface area contributed by atoms with Gasteiger partial charge in [0.05, 0.1) is 28.8 Å². The molecule has 1 heterocycles. The number of benzene rings is 2. The van der Waals surface area contributed by atoms with Crippen LogP contribution in [0.3, 0.4) is 0 Å². The van der Waals surface area contributed by atoms with Crippen LogP contribution in [0.15, 0.2) is 40.9 Å². The Kier molecular flexibility index (Phi) is 6.41. The van der Waals surface area contributed by atoms with Gasteiger partial charge in [0.2, 0.25) is 0 Å². The van der Waals surface area contributed by atoms with Gasteiger partial charge in [-0.15, -0.1) is 0 Å². The van der Waals surface area contributed by atoms with E-state index in [1.54, 1.807) is 6.07 Å². The molecule has 2 aromatic carbocycles. The number of morpholine rings is 1. The Morgan fingerprint density at radius 1 is 1.25 bits per heavy atom. The summed E-state index contributed by atoms with van der Waals surface area (Å²) >= 11 is 3.08. The lowest BCUT2D eigenvalue weighted by molar-refractivity contribution is -0.0403. The van der Waals surface area contributed by atoms with Crippen molar-refractivity contribution in [3.05, 3.63) is 63.6 Å². The van der Waals surface area contributed by atoms with Crippen molar-refractivity contribution in [1.29, 1.82) is 0 Å². The van der Waals surface area contributed by atoms with E-state index in [4.69, 9.17) is 9.47 Å². The first kappa shape index (κ1) is 20.4. The molecule has 0 aromatic heterocycles. The van der Waals surface area contributed by atoms with Gasteiger partial charge < -0.3 is 14.4 Å². The fraction of sp³-hybridized carbons (Fsp3) is 0.300. The van der Waals surface area contributed by atoms with E-state index in [9.17, 15) is 18.4 Å². The number of carbonyl (C=O) groups is 2. The zero-order valence-electron chi connectivity index (χ0n) is 15.1. The summed E-state index contributed by atoms with van der Waals surface area (Å²) < 4.78 is 39.0. The minimum atomic E-state index is -0.607. The van der Waals surface area contributed by atoms with Crippen LogP contribution >= 0.6 is 15.9 Å². The topological polar surface area (TPSA) is 55.8 Å². The van der Waals surface area contributed by atoms with Gasteiger partial charge in [0.1, 0.15) is 30.1 Å². The Balaban J connectivity index is 1.67. The zero-order chi connectivity index (χ0) is 20.3. The van der Waals surface area contributed by atoms with Gasteiger partial charge in [-0.3, -0.25) is 9.59 Å². The number of carbonyl (C=O) groups excluding carboxylic acids is 2. The highest BCUT2D eigenvalue weighted by atomic mass is 79.9. The first-order valence-electron chi connectivity index (χ1n) is 8.65. The van der Waals surface area contributed by atoms with Crippen LogP contribution in [-0.2, 0) is 4.74 Å². The van der Waals surface area contributed by atoms with Gasteiger partial charge >= 0.3 is 0 Å². The second-order valence-electron chi connectivity index (χ2n) is 6.35. The van der Waals surface area contributed by atoms with Crippen molar-refractivity contribution < 1.29 is 27.8 Å². The van der Waals surface area contributed by atoms with Crippen LogP contribution < -0.4 is 4.74 Å². The summed E-state index contributed by atoms with van der Waals surface area (Å²) in [6, 6.07) is 8.26. The molecule has 28 heavy (non-hydrogen) atoms. The molecule has 1 saturated heterocycles. The van der Waals surface area contributed by atoms with Crippen molar-refractivity contribution in [2.24, 2.45) is 0 Å². The van der Waals surface area contributed by atoms with Crippen molar-refractivity contribution in [3.63, 3.8) is 0 Å². The van der Waals surface area contributed by atoms with Crippen LogP contribution in [0.5, 0.6) is 5.75 Å². The van der Waals surface area contributed by atoms with E-state index in [1.807, 2.05) is 0 Å². The number of Topliss-reactive ketones (excluding diaryl/α,β-unsaturated/α-hetero) is 1. The first-order valence-corrected chi connectivity index (χ1v) is 9.44. The number of ketones is 1. The quantitative estimate of drug-likeness (QED) is 0.645. The average molecular weight is 454 g/mol. The van der Waals surface area contributed by atoms with Crippen LogP contribution in [0.25, 0.3) is 0 Å². The molecule has 1 fully saturated rings. The van der Waals surface area contributed by atoms with Gasteiger partial charge in [-0.1, -0.05) is 6.07 Å². The zero-order valence-corrected chi connectivity index (χ0v) is 16.7. The maximum Gasteiger partial charge on any atom is 0.257 e. The molecule has 1 amide bonds. The van der Waals surface area contributed by atoms with Gasteiger partial charge in [0, 0.05) is 6.54 Å². The van der Waals surface area contributed by atoms with Gasteiger partial charge in [-0.25, -0.2) is 8.78 Å². The van der Waals surface area contributed by atoms with Gasteiger partial charge in [-0.2, -0.15) is 0 Å². The fourth-order valence-electron chi connectivity index (χ4n) is 2.93. The van der Waals surface area contributed by atoms with Crippen molar-refractivity contribution in [2.75, 3.05) is 26.3 Å². The van der Waals surface area contributed by atoms with Crippen molar-refractivity contribution >= 4 is 27.6 Å². The van der Waals surface area contributed by atoms with E-state index in [0.29, 0.717) is 6.54 Å². The molecule has 148 valence electrons. The third-order valence-electron chi connectivity index (χ3n) is 4.35. The Labute approximate surface area is 169 Å². The van der Waals surface area contributed by atoms with Crippen molar-refractivity contribution in [3.8, 4) is 5.75 Å². The van der Waals surface area contributed by atoms with Crippen LogP contribution in [0.4, 0.5) is 8.78 Å². The third kappa shape index (κ3) is 4.56. The largest absolute Gasteiger partial charge is 0.490 e. The predicted octanol–water partition coefficient (Wildman–Crippen LogP) is 3.85. The summed E-state index contributed by atoms with van der Waals surface area (Å²) in [6.07, 6.45) is -0.460. The summed E-state index contributed by atoms with van der Waals surface area (Å²) in [6.45, 7) is 2.21. The van der Waals surface area contributed by atoms with E-state index in [-0.39, 0.29) is 46.9 Å². The SMILES string of the molecule is CC(=O)c1cc(F)ccc1OCC1CN(C(=O)c2cccc(Br)c2F)CCO1. The summed E-state index contributed by atoms with van der Waals surface area (Å²) in [7, 11) is 0. The second kappa shape index (κ2) is 8.79. The van der Waals surface area contributed by atoms with E-state index in [1.165, 1.54) is 36.1 Å². The molecule has 5 nitrogen and oxygen atoms in total.